The van der Waals surface area contributed by atoms with Crippen LogP contribution in [0.2, 0.25) is 0 Å². The summed E-state index contributed by atoms with van der Waals surface area (Å²) < 4.78 is 5.93. The van der Waals surface area contributed by atoms with E-state index in [4.69, 9.17) is 4.74 Å². The number of carbonyl (C=O) groups excluding carboxylic acids is 1. The standard InChI is InChI=1S/C20H32N2O5/c1-9-11-5-7-13(21(11)3)15(17(9)23)20(26)27-18-10(2)12-6-8-14(22(12)4)16(18)19(24)25/h9-18,23H,5-8H2,1-4H3,(H,24,25)/t9?,10?,11-,12-,13+,14+,15+,16+,17-,18-/m0/s1. The Morgan fingerprint density at radius 2 is 1.33 bits per heavy atom. The van der Waals surface area contributed by atoms with E-state index in [1.54, 1.807) is 0 Å². The molecular formula is C20H32N2O5. The van der Waals surface area contributed by atoms with E-state index < -0.39 is 36.0 Å². The van der Waals surface area contributed by atoms with Gasteiger partial charge in [-0.25, -0.2) is 0 Å². The van der Waals surface area contributed by atoms with E-state index in [2.05, 4.69) is 9.80 Å². The molecule has 0 aliphatic carbocycles. The monoisotopic (exact) mass is 380 g/mol. The molecule has 4 saturated heterocycles. The average molecular weight is 380 g/mol. The number of rotatable bonds is 3. The SMILES string of the molecule is CC1[C@H](O)[C@H](C(=O)O[C@H]2C(C)[C@@H]3CC[C@H]([C@H]2C(=O)O)N3C)[C@H]2CC[C@@H]1N2C. The number of aliphatic carboxylic acids is 1. The van der Waals surface area contributed by atoms with Gasteiger partial charge in [-0.2, -0.15) is 0 Å². The third kappa shape index (κ3) is 2.73. The number of nitrogens with zero attached hydrogens (tertiary/aromatic N) is 2. The lowest BCUT2D eigenvalue weighted by Crippen LogP contribution is -2.60. The highest BCUT2D eigenvalue weighted by Gasteiger charge is 2.57. The Hall–Kier alpha value is -1.18. The summed E-state index contributed by atoms with van der Waals surface area (Å²) in [5, 5.41) is 20.6. The van der Waals surface area contributed by atoms with Crippen molar-refractivity contribution in [1.29, 1.82) is 0 Å². The van der Waals surface area contributed by atoms with E-state index in [0.717, 1.165) is 25.7 Å². The van der Waals surface area contributed by atoms with Gasteiger partial charge >= 0.3 is 11.9 Å². The van der Waals surface area contributed by atoms with Crippen molar-refractivity contribution in [2.24, 2.45) is 23.7 Å². The van der Waals surface area contributed by atoms with Crippen LogP contribution in [0.4, 0.5) is 0 Å². The van der Waals surface area contributed by atoms with Crippen LogP contribution in [-0.4, -0.2) is 82.4 Å². The van der Waals surface area contributed by atoms with Crippen molar-refractivity contribution in [1.82, 2.24) is 9.80 Å². The van der Waals surface area contributed by atoms with Crippen LogP contribution in [0, 0.1) is 23.7 Å². The number of carbonyl (C=O) groups is 2. The zero-order valence-corrected chi connectivity index (χ0v) is 16.6. The van der Waals surface area contributed by atoms with Gasteiger partial charge in [0, 0.05) is 30.1 Å². The van der Waals surface area contributed by atoms with Crippen molar-refractivity contribution >= 4 is 11.9 Å². The fourth-order valence-corrected chi connectivity index (χ4v) is 6.66. The second-order valence-corrected chi connectivity index (χ2v) is 9.26. The van der Waals surface area contributed by atoms with Crippen molar-refractivity contribution in [3.63, 3.8) is 0 Å². The first-order valence-electron chi connectivity index (χ1n) is 10.3. The number of fused-ring (bicyclic) bond motifs is 4. The Morgan fingerprint density at radius 3 is 1.89 bits per heavy atom. The van der Waals surface area contributed by atoms with E-state index in [9.17, 15) is 19.8 Å². The molecule has 0 radical (unpaired) electrons. The molecule has 0 aromatic heterocycles. The van der Waals surface area contributed by atoms with Crippen molar-refractivity contribution in [3.05, 3.63) is 0 Å². The van der Waals surface area contributed by atoms with Crippen LogP contribution in [-0.2, 0) is 14.3 Å². The summed E-state index contributed by atoms with van der Waals surface area (Å²) in [6.07, 6.45) is 2.26. The van der Waals surface area contributed by atoms with Gasteiger partial charge in [-0.1, -0.05) is 13.8 Å². The van der Waals surface area contributed by atoms with Crippen LogP contribution in [0.25, 0.3) is 0 Å². The molecule has 0 amide bonds. The first-order valence-corrected chi connectivity index (χ1v) is 10.3. The van der Waals surface area contributed by atoms with Crippen LogP contribution in [0.5, 0.6) is 0 Å². The molecule has 4 rings (SSSR count). The number of piperidine rings is 2. The minimum Gasteiger partial charge on any atom is -0.481 e. The van der Waals surface area contributed by atoms with Gasteiger partial charge in [0.1, 0.15) is 12.0 Å². The minimum atomic E-state index is -0.896. The Kier molecular flexibility index (Phi) is 4.76. The molecule has 4 aliphatic rings. The van der Waals surface area contributed by atoms with Crippen LogP contribution in [0.3, 0.4) is 0 Å². The summed E-state index contributed by atoms with van der Waals surface area (Å²) >= 11 is 0. The average Bonchev–Trinajstić information content (AvgIpc) is 3.07. The first kappa shape index (κ1) is 19.2. The van der Waals surface area contributed by atoms with Crippen molar-refractivity contribution in [3.8, 4) is 0 Å². The van der Waals surface area contributed by atoms with E-state index in [0.29, 0.717) is 6.04 Å². The molecule has 4 fully saturated rings. The van der Waals surface area contributed by atoms with Crippen molar-refractivity contribution in [2.45, 2.75) is 75.9 Å². The fraction of sp³-hybridized carbons (Fsp3) is 0.900. The molecule has 4 bridgehead atoms. The van der Waals surface area contributed by atoms with E-state index in [1.165, 1.54) is 0 Å². The van der Waals surface area contributed by atoms with E-state index in [1.807, 2.05) is 27.9 Å². The molecule has 10 atom stereocenters. The molecule has 0 saturated carbocycles. The molecule has 0 aromatic rings. The number of hydrogen-bond donors (Lipinski definition) is 2. The van der Waals surface area contributed by atoms with Crippen molar-refractivity contribution < 1.29 is 24.5 Å². The maximum Gasteiger partial charge on any atom is 0.313 e. The summed E-state index contributed by atoms with van der Waals surface area (Å²) in [5.74, 6) is -2.65. The molecule has 0 spiro atoms. The fourth-order valence-electron chi connectivity index (χ4n) is 6.66. The second-order valence-electron chi connectivity index (χ2n) is 9.26. The zero-order valence-electron chi connectivity index (χ0n) is 16.6. The second kappa shape index (κ2) is 6.71. The molecule has 2 unspecified atom stereocenters. The predicted molar refractivity (Wildman–Crippen MR) is 98.0 cm³/mol. The third-order valence-corrected chi connectivity index (χ3v) is 8.24. The van der Waals surface area contributed by atoms with E-state index >= 15 is 0 Å². The molecule has 152 valence electrons. The van der Waals surface area contributed by atoms with Crippen LogP contribution >= 0.6 is 0 Å². The van der Waals surface area contributed by atoms with Gasteiger partial charge in [0.25, 0.3) is 0 Å². The number of esters is 1. The lowest BCUT2D eigenvalue weighted by molar-refractivity contribution is -0.184. The lowest BCUT2D eigenvalue weighted by Gasteiger charge is -2.47. The topological polar surface area (TPSA) is 90.3 Å². The lowest BCUT2D eigenvalue weighted by atomic mass is 9.79. The summed E-state index contributed by atoms with van der Waals surface area (Å²) in [7, 11) is 4.00. The summed E-state index contributed by atoms with van der Waals surface area (Å²) in [5.41, 5.74) is 0. The van der Waals surface area contributed by atoms with Crippen LogP contribution in [0.1, 0.15) is 39.5 Å². The van der Waals surface area contributed by atoms with Gasteiger partial charge in [0.2, 0.25) is 0 Å². The van der Waals surface area contributed by atoms with Crippen LogP contribution in [0.15, 0.2) is 0 Å². The Morgan fingerprint density at radius 1 is 0.852 bits per heavy atom. The quantitative estimate of drug-likeness (QED) is 0.700. The Bertz CT molecular complexity index is 627. The normalized spacial score (nSPS) is 50.0. The number of carboxylic acids is 1. The summed E-state index contributed by atoms with van der Waals surface area (Å²) in [6, 6.07) is 0.446. The highest BCUT2D eigenvalue weighted by Crippen LogP contribution is 2.45. The number of aliphatic hydroxyl groups is 1. The van der Waals surface area contributed by atoms with Gasteiger partial charge in [-0.3, -0.25) is 19.4 Å². The van der Waals surface area contributed by atoms with Gasteiger partial charge in [-0.05, 0) is 45.7 Å². The summed E-state index contributed by atoms with van der Waals surface area (Å²) in [6.45, 7) is 3.99. The molecule has 27 heavy (non-hydrogen) atoms. The van der Waals surface area contributed by atoms with E-state index in [-0.39, 0.29) is 30.0 Å². The molecule has 4 aliphatic heterocycles. The maximum atomic E-state index is 13.2. The Labute approximate surface area is 160 Å². The van der Waals surface area contributed by atoms with Crippen molar-refractivity contribution in [2.75, 3.05) is 14.1 Å². The first-order chi connectivity index (χ1) is 12.7. The highest BCUT2D eigenvalue weighted by molar-refractivity contribution is 5.77. The van der Waals surface area contributed by atoms with Gasteiger partial charge in [-0.15, -0.1) is 0 Å². The predicted octanol–water partition coefficient (Wildman–Crippen LogP) is 0.801. The third-order valence-electron chi connectivity index (χ3n) is 8.24. The van der Waals surface area contributed by atoms with Gasteiger partial charge < -0.3 is 14.9 Å². The molecule has 2 N–H and O–H groups in total. The number of hydrogen-bond acceptors (Lipinski definition) is 6. The van der Waals surface area contributed by atoms with Gasteiger partial charge in [0.15, 0.2) is 0 Å². The number of aliphatic hydroxyl groups excluding tert-OH is 1. The van der Waals surface area contributed by atoms with Gasteiger partial charge in [0.05, 0.1) is 12.0 Å². The zero-order chi connectivity index (χ0) is 19.6. The largest absolute Gasteiger partial charge is 0.481 e. The molecule has 0 aromatic carbocycles. The number of ether oxygens (including phenoxy) is 1. The van der Waals surface area contributed by atoms with Crippen LogP contribution < -0.4 is 0 Å². The minimum absolute atomic E-state index is 0.00710. The molecule has 7 heteroatoms. The smallest absolute Gasteiger partial charge is 0.313 e. The Balaban J connectivity index is 1.57. The molecule has 7 nitrogen and oxygen atoms in total. The highest BCUT2D eigenvalue weighted by atomic mass is 16.5. The number of carboxylic acid groups (broad SMARTS) is 1. The molecule has 4 heterocycles. The summed E-state index contributed by atoms with van der Waals surface area (Å²) in [4.78, 5) is 29.6. The molecular weight excluding hydrogens is 348 g/mol. The maximum absolute atomic E-state index is 13.2.